The molecule has 1 aromatic carbocycles. The fourth-order valence-electron chi connectivity index (χ4n) is 2.72. The van der Waals surface area contributed by atoms with Crippen LogP contribution in [-0.2, 0) is 14.9 Å². The molecule has 0 spiro atoms. The second kappa shape index (κ2) is 4.75. The summed E-state index contributed by atoms with van der Waals surface area (Å²) >= 11 is 0. The molecule has 0 bridgehead atoms. The molecule has 1 aliphatic carbocycles. The molecule has 1 aromatic rings. The molecule has 0 heterocycles. The second-order valence-electron chi connectivity index (χ2n) is 6.16. The summed E-state index contributed by atoms with van der Waals surface area (Å²) in [7, 11) is 0. The highest BCUT2D eigenvalue weighted by molar-refractivity contribution is 5.84. The zero-order valence-corrected chi connectivity index (χ0v) is 11.5. The van der Waals surface area contributed by atoms with Crippen LogP contribution in [0.1, 0.15) is 52.0 Å². The number of carbonyl (C=O) groups is 1. The van der Waals surface area contributed by atoms with E-state index in [1.165, 1.54) is 0 Å². The molecule has 18 heavy (non-hydrogen) atoms. The van der Waals surface area contributed by atoms with Gasteiger partial charge in [-0.25, -0.2) is 0 Å². The molecule has 1 fully saturated rings. The van der Waals surface area contributed by atoms with Crippen molar-refractivity contribution in [2.24, 2.45) is 0 Å². The van der Waals surface area contributed by atoms with Crippen LogP contribution in [0.2, 0.25) is 0 Å². The average molecular weight is 246 g/mol. The number of hydrogen-bond acceptors (Lipinski definition) is 2. The molecule has 0 saturated heterocycles. The van der Waals surface area contributed by atoms with E-state index in [1.54, 1.807) is 0 Å². The minimum atomic E-state index is -0.415. The van der Waals surface area contributed by atoms with Gasteiger partial charge in [-0.15, -0.1) is 0 Å². The first-order chi connectivity index (χ1) is 8.44. The molecule has 0 aromatic heterocycles. The van der Waals surface area contributed by atoms with Crippen molar-refractivity contribution in [3.63, 3.8) is 0 Å². The predicted octanol–water partition coefficient (Wildman–Crippen LogP) is 3.84. The van der Waals surface area contributed by atoms with Gasteiger partial charge in [-0.05, 0) is 39.2 Å². The van der Waals surface area contributed by atoms with E-state index >= 15 is 0 Å². The summed E-state index contributed by atoms with van der Waals surface area (Å²) in [5.41, 5.74) is 0.285. The van der Waals surface area contributed by atoms with E-state index in [0.29, 0.717) is 0 Å². The monoisotopic (exact) mass is 246 g/mol. The lowest BCUT2D eigenvalue weighted by Gasteiger charge is -2.31. The zero-order chi connectivity index (χ0) is 13.2. The first kappa shape index (κ1) is 13.1. The van der Waals surface area contributed by atoms with Gasteiger partial charge in [-0.3, -0.25) is 4.79 Å². The number of esters is 1. The molecule has 0 aliphatic heterocycles. The third-order valence-electron chi connectivity index (χ3n) is 3.57. The minimum Gasteiger partial charge on any atom is -0.459 e. The van der Waals surface area contributed by atoms with E-state index in [-0.39, 0.29) is 5.97 Å². The Morgan fingerprint density at radius 1 is 1.11 bits per heavy atom. The number of rotatable bonds is 2. The van der Waals surface area contributed by atoms with Gasteiger partial charge < -0.3 is 4.74 Å². The molecule has 98 valence electrons. The van der Waals surface area contributed by atoms with Crippen molar-refractivity contribution in [3.8, 4) is 0 Å². The number of benzene rings is 1. The summed E-state index contributed by atoms with van der Waals surface area (Å²) in [6.07, 6.45) is 4.03. The molecule has 1 saturated carbocycles. The second-order valence-corrected chi connectivity index (χ2v) is 6.16. The van der Waals surface area contributed by atoms with Crippen LogP contribution in [0.25, 0.3) is 0 Å². The van der Waals surface area contributed by atoms with E-state index in [4.69, 9.17) is 4.74 Å². The van der Waals surface area contributed by atoms with Gasteiger partial charge in [0.15, 0.2) is 0 Å². The van der Waals surface area contributed by atoms with Crippen molar-refractivity contribution in [1.29, 1.82) is 0 Å². The van der Waals surface area contributed by atoms with Gasteiger partial charge in [0.25, 0.3) is 0 Å². The summed E-state index contributed by atoms with van der Waals surface area (Å²) in [5.74, 6) is -0.0568. The standard InChI is InChI=1S/C16H22O2/c1-15(2,3)18-14(17)16(11-7-8-12-16)13-9-5-4-6-10-13/h4-6,9-10H,7-8,11-12H2,1-3H3. The van der Waals surface area contributed by atoms with Gasteiger partial charge in [0.2, 0.25) is 0 Å². The smallest absolute Gasteiger partial charge is 0.317 e. The Morgan fingerprint density at radius 3 is 2.17 bits per heavy atom. The van der Waals surface area contributed by atoms with Crippen LogP contribution >= 0.6 is 0 Å². The van der Waals surface area contributed by atoms with E-state index in [2.05, 4.69) is 12.1 Å². The normalized spacial score (nSPS) is 18.6. The molecule has 0 unspecified atom stereocenters. The predicted molar refractivity (Wildman–Crippen MR) is 72.4 cm³/mol. The number of ether oxygens (including phenoxy) is 1. The Bertz CT molecular complexity index is 408. The van der Waals surface area contributed by atoms with Crippen molar-refractivity contribution < 1.29 is 9.53 Å². The van der Waals surface area contributed by atoms with E-state index in [9.17, 15) is 4.79 Å². The molecule has 2 rings (SSSR count). The zero-order valence-electron chi connectivity index (χ0n) is 11.5. The highest BCUT2D eigenvalue weighted by atomic mass is 16.6. The Balaban J connectivity index is 2.31. The van der Waals surface area contributed by atoms with E-state index < -0.39 is 11.0 Å². The van der Waals surface area contributed by atoms with Crippen molar-refractivity contribution in [2.45, 2.75) is 57.5 Å². The SMILES string of the molecule is CC(C)(C)OC(=O)C1(c2ccccc2)CCCC1. The fourth-order valence-corrected chi connectivity index (χ4v) is 2.72. The third-order valence-corrected chi connectivity index (χ3v) is 3.57. The first-order valence-corrected chi connectivity index (χ1v) is 6.73. The quantitative estimate of drug-likeness (QED) is 0.741. The lowest BCUT2D eigenvalue weighted by Crippen LogP contribution is -2.39. The summed E-state index contributed by atoms with van der Waals surface area (Å²) in [4.78, 5) is 12.6. The van der Waals surface area contributed by atoms with Crippen molar-refractivity contribution in [2.75, 3.05) is 0 Å². The van der Waals surface area contributed by atoms with Gasteiger partial charge >= 0.3 is 5.97 Å². The van der Waals surface area contributed by atoms with Gasteiger partial charge in [0.1, 0.15) is 5.60 Å². The molecule has 2 heteroatoms. The van der Waals surface area contributed by atoms with Gasteiger partial charge in [-0.1, -0.05) is 43.2 Å². The van der Waals surface area contributed by atoms with Crippen molar-refractivity contribution in [3.05, 3.63) is 35.9 Å². The van der Waals surface area contributed by atoms with Crippen LogP contribution in [0, 0.1) is 0 Å². The lowest BCUT2D eigenvalue weighted by molar-refractivity contribution is -0.162. The molecule has 0 atom stereocenters. The maximum absolute atomic E-state index is 12.6. The van der Waals surface area contributed by atoms with Crippen LogP contribution in [0.4, 0.5) is 0 Å². The topological polar surface area (TPSA) is 26.3 Å². The van der Waals surface area contributed by atoms with Crippen LogP contribution in [0.3, 0.4) is 0 Å². The summed E-state index contributed by atoms with van der Waals surface area (Å²) in [5, 5.41) is 0. The highest BCUT2D eigenvalue weighted by Gasteiger charge is 2.45. The average Bonchev–Trinajstić information content (AvgIpc) is 2.78. The summed E-state index contributed by atoms with van der Waals surface area (Å²) in [6, 6.07) is 10.1. The molecule has 0 amide bonds. The largest absolute Gasteiger partial charge is 0.459 e. The van der Waals surface area contributed by atoms with Gasteiger partial charge in [0.05, 0.1) is 5.41 Å². The number of carbonyl (C=O) groups excluding carboxylic acids is 1. The van der Waals surface area contributed by atoms with Crippen LogP contribution in [-0.4, -0.2) is 11.6 Å². The third kappa shape index (κ3) is 2.58. The van der Waals surface area contributed by atoms with E-state index in [1.807, 2.05) is 39.0 Å². The lowest BCUT2D eigenvalue weighted by atomic mass is 9.79. The summed E-state index contributed by atoms with van der Waals surface area (Å²) in [6.45, 7) is 5.79. The fraction of sp³-hybridized carbons (Fsp3) is 0.562. The Kier molecular flexibility index (Phi) is 3.47. The van der Waals surface area contributed by atoms with Crippen molar-refractivity contribution >= 4 is 5.97 Å². The van der Waals surface area contributed by atoms with E-state index in [0.717, 1.165) is 31.2 Å². The maximum Gasteiger partial charge on any atom is 0.317 e. The van der Waals surface area contributed by atoms with Gasteiger partial charge in [0, 0.05) is 0 Å². The minimum absolute atomic E-state index is 0.0568. The van der Waals surface area contributed by atoms with Gasteiger partial charge in [-0.2, -0.15) is 0 Å². The highest BCUT2D eigenvalue weighted by Crippen LogP contribution is 2.42. The van der Waals surface area contributed by atoms with Crippen molar-refractivity contribution in [1.82, 2.24) is 0 Å². The molecular formula is C16H22O2. The molecule has 0 N–H and O–H groups in total. The van der Waals surface area contributed by atoms with Crippen LogP contribution in [0.15, 0.2) is 30.3 Å². The van der Waals surface area contributed by atoms with Crippen LogP contribution < -0.4 is 0 Å². The maximum atomic E-state index is 12.6. The Labute approximate surface area is 109 Å². The number of hydrogen-bond donors (Lipinski definition) is 0. The summed E-state index contributed by atoms with van der Waals surface area (Å²) < 4.78 is 5.64. The molecule has 0 radical (unpaired) electrons. The Morgan fingerprint density at radius 2 is 1.67 bits per heavy atom. The molecule has 2 nitrogen and oxygen atoms in total. The molecule has 1 aliphatic rings. The Hall–Kier alpha value is -1.31. The first-order valence-electron chi connectivity index (χ1n) is 6.73. The van der Waals surface area contributed by atoms with Crippen LogP contribution in [0.5, 0.6) is 0 Å². The molecular weight excluding hydrogens is 224 g/mol.